The third-order valence-electron chi connectivity index (χ3n) is 3.87. The van der Waals surface area contributed by atoms with Crippen LogP contribution in [0.4, 0.5) is 0 Å². The lowest BCUT2D eigenvalue weighted by molar-refractivity contribution is 0.0862. The maximum atomic E-state index is 12.2. The van der Waals surface area contributed by atoms with Gasteiger partial charge in [0.1, 0.15) is 0 Å². The van der Waals surface area contributed by atoms with Crippen molar-refractivity contribution in [3.05, 3.63) is 20.8 Å². The summed E-state index contributed by atoms with van der Waals surface area (Å²) in [6.07, 6.45) is 2.34. The topological polar surface area (TPSA) is 23.6 Å². The molecule has 0 spiro atoms. The largest absolute Gasteiger partial charge is 0.303 e. The molecule has 106 valence electrons. The number of Topliss-reactive ketones (excluding diaryl/α,β-unsaturated/α-hetero) is 1. The minimum Gasteiger partial charge on any atom is -0.303 e. The number of nitrogens with zero attached hydrogens (tertiary/aromatic N) is 2. The molecule has 2 heterocycles. The summed E-state index contributed by atoms with van der Waals surface area (Å²) in [5.74, 6) is 0.233. The Morgan fingerprint density at radius 1 is 1.47 bits per heavy atom. The quantitative estimate of drug-likeness (QED) is 0.766. The zero-order valence-electron chi connectivity index (χ0n) is 11.6. The molecule has 0 bridgehead atoms. The number of hydrogen-bond acceptors (Lipinski definition) is 4. The third kappa shape index (κ3) is 4.12. The van der Waals surface area contributed by atoms with Crippen molar-refractivity contribution in [1.82, 2.24) is 9.80 Å². The minimum atomic E-state index is 0.233. The van der Waals surface area contributed by atoms with Gasteiger partial charge in [-0.2, -0.15) is 0 Å². The van der Waals surface area contributed by atoms with Gasteiger partial charge in [-0.25, -0.2) is 0 Å². The predicted molar refractivity (Wildman–Crippen MR) is 84.1 cm³/mol. The molecule has 0 radical (unpaired) electrons. The highest BCUT2D eigenvalue weighted by Crippen LogP contribution is 2.23. The van der Waals surface area contributed by atoms with Crippen LogP contribution in [-0.2, 0) is 0 Å². The molecule has 0 amide bonds. The number of ketones is 1. The van der Waals surface area contributed by atoms with Gasteiger partial charge in [0.05, 0.1) is 15.2 Å². The van der Waals surface area contributed by atoms with Gasteiger partial charge in [-0.15, -0.1) is 11.3 Å². The number of thiophene rings is 1. The molecule has 0 atom stereocenters. The fraction of sp³-hybridized carbons (Fsp3) is 0.643. The smallest absolute Gasteiger partial charge is 0.186 e. The highest BCUT2D eigenvalue weighted by atomic mass is 79.9. The van der Waals surface area contributed by atoms with Crippen molar-refractivity contribution in [3.8, 4) is 0 Å². The predicted octanol–water partition coefficient (Wildman–Crippen LogP) is 3.11. The van der Waals surface area contributed by atoms with Crippen LogP contribution in [0.25, 0.3) is 0 Å². The molecule has 5 heteroatoms. The number of carbonyl (C=O) groups is 1. The Hall–Kier alpha value is -0.230. The summed E-state index contributed by atoms with van der Waals surface area (Å²) in [7, 11) is 2.08. The second kappa shape index (κ2) is 6.97. The molecule has 0 unspecified atom stereocenters. The van der Waals surface area contributed by atoms with E-state index in [9.17, 15) is 4.79 Å². The van der Waals surface area contributed by atoms with Crippen LogP contribution >= 0.6 is 27.3 Å². The van der Waals surface area contributed by atoms with E-state index >= 15 is 0 Å². The van der Waals surface area contributed by atoms with Crippen LogP contribution in [0.5, 0.6) is 0 Å². The summed E-state index contributed by atoms with van der Waals surface area (Å²) in [5.41, 5.74) is 0. The highest BCUT2D eigenvalue weighted by Gasteiger charge is 2.23. The Balaban J connectivity index is 1.84. The van der Waals surface area contributed by atoms with Crippen molar-refractivity contribution < 1.29 is 4.79 Å². The molecular formula is C14H21BrN2OS. The molecule has 1 aliphatic heterocycles. The summed E-state index contributed by atoms with van der Waals surface area (Å²) < 4.78 is 1.02. The van der Waals surface area contributed by atoms with Gasteiger partial charge >= 0.3 is 0 Å². The summed E-state index contributed by atoms with van der Waals surface area (Å²) in [6, 6.07) is 4.40. The molecule has 3 nitrogen and oxygen atoms in total. The molecule has 0 aliphatic carbocycles. The summed E-state index contributed by atoms with van der Waals surface area (Å²) >= 11 is 4.93. The average molecular weight is 345 g/mol. The lowest BCUT2D eigenvalue weighted by Gasteiger charge is -2.35. The second-order valence-corrected chi connectivity index (χ2v) is 7.57. The average Bonchev–Trinajstić information content (AvgIpc) is 2.85. The molecule has 1 fully saturated rings. The van der Waals surface area contributed by atoms with E-state index in [0.717, 1.165) is 28.3 Å². The number of rotatable bonds is 5. The Labute approximate surface area is 127 Å². The zero-order chi connectivity index (χ0) is 13.8. The molecule has 0 aromatic carbocycles. The van der Waals surface area contributed by atoms with Gasteiger partial charge < -0.3 is 4.90 Å². The lowest BCUT2D eigenvalue weighted by Crippen LogP contribution is -2.44. The first-order valence-corrected chi connectivity index (χ1v) is 8.42. The maximum Gasteiger partial charge on any atom is 0.186 e. The molecule has 19 heavy (non-hydrogen) atoms. The van der Waals surface area contributed by atoms with Gasteiger partial charge in [-0.3, -0.25) is 9.69 Å². The number of likely N-dealkylation sites (N-methyl/N-ethyl adjacent to an activating group) is 1. The van der Waals surface area contributed by atoms with Gasteiger partial charge in [0.2, 0.25) is 0 Å². The van der Waals surface area contributed by atoms with Crippen molar-refractivity contribution in [2.24, 2.45) is 0 Å². The van der Waals surface area contributed by atoms with Crippen molar-refractivity contribution in [2.75, 3.05) is 33.2 Å². The summed E-state index contributed by atoms with van der Waals surface area (Å²) in [5, 5.41) is 0. The van der Waals surface area contributed by atoms with Crippen LogP contribution in [-0.4, -0.2) is 54.9 Å². The summed E-state index contributed by atoms with van der Waals surface area (Å²) in [6.45, 7) is 6.19. The van der Waals surface area contributed by atoms with Crippen molar-refractivity contribution in [3.63, 3.8) is 0 Å². The molecule has 1 aliphatic rings. The molecule has 1 saturated heterocycles. The Morgan fingerprint density at radius 2 is 2.16 bits per heavy atom. The number of carbonyl (C=O) groups excluding carboxylic acids is 1. The second-order valence-electron chi connectivity index (χ2n) is 5.11. The Bertz CT molecular complexity index is 427. The van der Waals surface area contributed by atoms with E-state index in [0.29, 0.717) is 12.6 Å². The van der Waals surface area contributed by atoms with Gasteiger partial charge in [0, 0.05) is 6.04 Å². The fourth-order valence-corrected chi connectivity index (χ4v) is 3.89. The monoisotopic (exact) mass is 344 g/mol. The molecular weight excluding hydrogens is 324 g/mol. The van der Waals surface area contributed by atoms with Gasteiger partial charge in [0.15, 0.2) is 5.78 Å². The van der Waals surface area contributed by atoms with E-state index in [2.05, 4.69) is 39.7 Å². The number of hydrogen-bond donors (Lipinski definition) is 0. The Morgan fingerprint density at radius 3 is 2.68 bits per heavy atom. The van der Waals surface area contributed by atoms with E-state index in [1.54, 1.807) is 0 Å². The van der Waals surface area contributed by atoms with Crippen LogP contribution in [0, 0.1) is 0 Å². The van der Waals surface area contributed by atoms with Crippen LogP contribution in [0.2, 0.25) is 0 Å². The van der Waals surface area contributed by atoms with Crippen LogP contribution in [0.1, 0.15) is 29.4 Å². The maximum absolute atomic E-state index is 12.2. The summed E-state index contributed by atoms with van der Waals surface area (Å²) in [4.78, 5) is 17.7. The third-order valence-corrected chi connectivity index (χ3v) is 5.53. The first-order valence-electron chi connectivity index (χ1n) is 6.81. The first kappa shape index (κ1) is 15.2. The van der Waals surface area contributed by atoms with Gasteiger partial charge in [-0.1, -0.05) is 6.92 Å². The standard InChI is InChI=1S/C14H21BrN2OS/c1-3-17-8-6-11(7-9-17)16(2)10-12(18)13-4-5-14(15)19-13/h4-5,11H,3,6-10H2,1-2H3. The van der Waals surface area contributed by atoms with E-state index in [1.807, 2.05) is 12.1 Å². The van der Waals surface area contributed by atoms with E-state index in [4.69, 9.17) is 0 Å². The highest BCUT2D eigenvalue weighted by molar-refractivity contribution is 9.11. The SMILES string of the molecule is CCN1CCC(N(C)CC(=O)c2ccc(Br)s2)CC1. The number of likely N-dealkylation sites (tertiary alicyclic amines) is 1. The molecule has 2 rings (SSSR count). The first-order chi connectivity index (χ1) is 9.10. The molecule has 0 N–H and O–H groups in total. The van der Waals surface area contributed by atoms with E-state index < -0.39 is 0 Å². The van der Waals surface area contributed by atoms with Crippen molar-refractivity contribution in [1.29, 1.82) is 0 Å². The van der Waals surface area contributed by atoms with E-state index in [1.165, 1.54) is 24.2 Å². The van der Waals surface area contributed by atoms with Crippen LogP contribution < -0.4 is 0 Å². The van der Waals surface area contributed by atoms with Crippen LogP contribution in [0.3, 0.4) is 0 Å². The van der Waals surface area contributed by atoms with Crippen LogP contribution in [0.15, 0.2) is 15.9 Å². The minimum absolute atomic E-state index is 0.233. The normalized spacial score (nSPS) is 18.1. The fourth-order valence-electron chi connectivity index (χ4n) is 2.57. The number of halogens is 1. The zero-order valence-corrected chi connectivity index (χ0v) is 14.0. The molecule has 1 aromatic heterocycles. The van der Waals surface area contributed by atoms with Gasteiger partial charge in [-0.05, 0) is 67.6 Å². The van der Waals surface area contributed by atoms with Crippen molar-refractivity contribution >= 4 is 33.0 Å². The van der Waals surface area contributed by atoms with Crippen molar-refractivity contribution in [2.45, 2.75) is 25.8 Å². The van der Waals surface area contributed by atoms with Gasteiger partial charge in [0.25, 0.3) is 0 Å². The molecule has 1 aromatic rings. The Kier molecular flexibility index (Phi) is 5.57. The lowest BCUT2D eigenvalue weighted by atomic mass is 10.0. The van der Waals surface area contributed by atoms with E-state index in [-0.39, 0.29) is 5.78 Å². The number of piperidine rings is 1. The molecule has 0 saturated carbocycles.